The smallest absolute Gasteiger partial charge is 0.410 e. The van der Waals surface area contributed by atoms with Gasteiger partial charge >= 0.3 is 6.09 Å². The third-order valence-corrected chi connectivity index (χ3v) is 4.53. The van der Waals surface area contributed by atoms with Gasteiger partial charge in [-0.1, -0.05) is 24.3 Å². The lowest BCUT2D eigenvalue weighted by Gasteiger charge is -2.41. The highest BCUT2D eigenvalue weighted by molar-refractivity contribution is 6.01. The Morgan fingerprint density at radius 3 is 2.44 bits per heavy atom. The van der Waals surface area contributed by atoms with Crippen LogP contribution in [0.25, 0.3) is 10.8 Å². The van der Waals surface area contributed by atoms with E-state index in [-0.39, 0.29) is 12.1 Å². The summed E-state index contributed by atoms with van der Waals surface area (Å²) in [5.41, 5.74) is 7.60. The second-order valence-electron chi connectivity index (χ2n) is 7.69. The molecule has 1 aliphatic rings. The Bertz CT molecular complexity index is 782. The standard InChI is InChI=1S/C20H27N3O2/c1-14-13-22(11-12-23(14)19(24)25-20(2,3)4)18-10-9-17(21)15-7-5-6-8-16(15)18/h5-10,14H,11-13,21H2,1-4H3. The summed E-state index contributed by atoms with van der Waals surface area (Å²) in [6.07, 6.45) is -0.234. The Kier molecular flexibility index (Phi) is 4.50. The summed E-state index contributed by atoms with van der Waals surface area (Å²) in [6.45, 7) is 9.94. The van der Waals surface area contributed by atoms with Gasteiger partial charge in [0.2, 0.25) is 0 Å². The van der Waals surface area contributed by atoms with Gasteiger partial charge in [-0.2, -0.15) is 0 Å². The Balaban J connectivity index is 1.80. The van der Waals surface area contributed by atoms with E-state index in [1.165, 1.54) is 5.69 Å². The number of nitrogens with zero attached hydrogens (tertiary/aromatic N) is 2. The highest BCUT2D eigenvalue weighted by Crippen LogP contribution is 2.32. The van der Waals surface area contributed by atoms with E-state index >= 15 is 0 Å². The van der Waals surface area contributed by atoms with Crippen LogP contribution >= 0.6 is 0 Å². The fourth-order valence-corrected chi connectivity index (χ4v) is 3.35. The summed E-state index contributed by atoms with van der Waals surface area (Å²) in [5, 5.41) is 2.22. The van der Waals surface area contributed by atoms with E-state index in [0.717, 1.165) is 29.5 Å². The Labute approximate surface area is 149 Å². The minimum Gasteiger partial charge on any atom is -0.444 e. The van der Waals surface area contributed by atoms with E-state index in [2.05, 4.69) is 30.0 Å². The molecule has 3 rings (SSSR count). The molecule has 1 unspecified atom stereocenters. The van der Waals surface area contributed by atoms with Gasteiger partial charge in [-0.15, -0.1) is 0 Å². The second kappa shape index (κ2) is 6.47. The van der Waals surface area contributed by atoms with Crippen LogP contribution in [0.1, 0.15) is 27.7 Å². The molecule has 5 nitrogen and oxygen atoms in total. The van der Waals surface area contributed by atoms with Gasteiger partial charge in [-0.05, 0) is 39.8 Å². The number of carbonyl (C=O) groups is 1. The zero-order valence-corrected chi connectivity index (χ0v) is 15.5. The van der Waals surface area contributed by atoms with E-state index < -0.39 is 5.60 Å². The van der Waals surface area contributed by atoms with Crippen molar-refractivity contribution in [3.8, 4) is 0 Å². The number of anilines is 2. The molecule has 1 saturated heterocycles. The van der Waals surface area contributed by atoms with E-state index in [4.69, 9.17) is 10.5 Å². The van der Waals surface area contributed by atoms with Gasteiger partial charge in [0.15, 0.2) is 0 Å². The van der Waals surface area contributed by atoms with E-state index in [9.17, 15) is 4.79 Å². The second-order valence-corrected chi connectivity index (χ2v) is 7.69. The van der Waals surface area contributed by atoms with Crippen molar-refractivity contribution in [2.45, 2.75) is 39.3 Å². The third kappa shape index (κ3) is 3.65. The summed E-state index contributed by atoms with van der Waals surface area (Å²) in [7, 11) is 0. The van der Waals surface area contributed by atoms with Gasteiger partial charge in [0.1, 0.15) is 5.60 Å². The number of carbonyl (C=O) groups excluding carboxylic acids is 1. The number of piperazine rings is 1. The van der Waals surface area contributed by atoms with Crippen LogP contribution in [0.5, 0.6) is 0 Å². The third-order valence-electron chi connectivity index (χ3n) is 4.53. The van der Waals surface area contributed by atoms with Crippen molar-refractivity contribution in [3.05, 3.63) is 36.4 Å². The van der Waals surface area contributed by atoms with Crippen LogP contribution in [0.15, 0.2) is 36.4 Å². The highest BCUT2D eigenvalue weighted by atomic mass is 16.6. The van der Waals surface area contributed by atoms with Crippen LogP contribution in [-0.4, -0.2) is 42.3 Å². The van der Waals surface area contributed by atoms with Crippen LogP contribution in [-0.2, 0) is 4.74 Å². The molecule has 1 atom stereocenters. The molecule has 5 heteroatoms. The predicted octanol–water partition coefficient (Wildman–Crippen LogP) is 3.87. The average Bonchev–Trinajstić information content (AvgIpc) is 2.53. The normalized spacial score (nSPS) is 18.5. The van der Waals surface area contributed by atoms with Crippen LogP contribution in [0.2, 0.25) is 0 Å². The summed E-state index contributed by atoms with van der Waals surface area (Å²) in [6, 6.07) is 12.3. The molecular weight excluding hydrogens is 314 g/mol. The summed E-state index contributed by atoms with van der Waals surface area (Å²) in [5.74, 6) is 0. The van der Waals surface area contributed by atoms with Crippen LogP contribution in [0.4, 0.5) is 16.2 Å². The van der Waals surface area contributed by atoms with Crippen molar-refractivity contribution in [1.82, 2.24) is 4.90 Å². The van der Waals surface area contributed by atoms with Crippen LogP contribution < -0.4 is 10.6 Å². The molecule has 0 radical (unpaired) electrons. The molecule has 1 fully saturated rings. The fraction of sp³-hybridized carbons (Fsp3) is 0.450. The highest BCUT2D eigenvalue weighted by Gasteiger charge is 2.31. The van der Waals surface area contributed by atoms with E-state index in [1.807, 2.05) is 43.9 Å². The lowest BCUT2D eigenvalue weighted by atomic mass is 10.0. The van der Waals surface area contributed by atoms with Crippen LogP contribution in [0, 0.1) is 0 Å². The number of hydrogen-bond donors (Lipinski definition) is 1. The zero-order valence-electron chi connectivity index (χ0n) is 15.5. The molecule has 2 aromatic rings. The molecule has 134 valence electrons. The molecule has 2 aromatic carbocycles. The first-order valence-electron chi connectivity index (χ1n) is 8.78. The molecule has 1 aliphatic heterocycles. The number of fused-ring (bicyclic) bond motifs is 1. The molecule has 25 heavy (non-hydrogen) atoms. The lowest BCUT2D eigenvalue weighted by molar-refractivity contribution is 0.0159. The maximum absolute atomic E-state index is 12.4. The Morgan fingerprint density at radius 1 is 1.12 bits per heavy atom. The van der Waals surface area contributed by atoms with Crippen LogP contribution in [0.3, 0.4) is 0 Å². The zero-order chi connectivity index (χ0) is 18.2. The molecule has 0 spiro atoms. The van der Waals surface area contributed by atoms with Crippen molar-refractivity contribution in [2.24, 2.45) is 0 Å². The molecule has 1 amide bonds. The molecule has 1 heterocycles. The topological polar surface area (TPSA) is 58.8 Å². The van der Waals surface area contributed by atoms with Gasteiger partial charge in [0, 0.05) is 47.8 Å². The first-order valence-corrected chi connectivity index (χ1v) is 8.78. The minimum absolute atomic E-state index is 0.0833. The molecule has 0 bridgehead atoms. The molecule has 2 N–H and O–H groups in total. The predicted molar refractivity (Wildman–Crippen MR) is 103 cm³/mol. The average molecular weight is 341 g/mol. The summed E-state index contributed by atoms with van der Waals surface area (Å²) >= 11 is 0. The van der Waals surface area contributed by atoms with Gasteiger partial charge in [0.05, 0.1) is 0 Å². The summed E-state index contributed by atoms with van der Waals surface area (Å²) < 4.78 is 5.53. The van der Waals surface area contributed by atoms with Gasteiger partial charge < -0.3 is 20.3 Å². The number of rotatable bonds is 1. The lowest BCUT2D eigenvalue weighted by Crippen LogP contribution is -2.55. The number of nitrogen functional groups attached to an aromatic ring is 1. The van der Waals surface area contributed by atoms with Crippen molar-refractivity contribution < 1.29 is 9.53 Å². The number of benzene rings is 2. The van der Waals surface area contributed by atoms with Gasteiger partial charge in [0.25, 0.3) is 0 Å². The van der Waals surface area contributed by atoms with Crippen molar-refractivity contribution in [2.75, 3.05) is 30.3 Å². The number of nitrogens with two attached hydrogens (primary N) is 1. The molecular formula is C20H27N3O2. The number of hydrogen-bond acceptors (Lipinski definition) is 4. The van der Waals surface area contributed by atoms with Gasteiger partial charge in [-0.25, -0.2) is 4.79 Å². The molecule has 0 saturated carbocycles. The molecule has 0 aliphatic carbocycles. The van der Waals surface area contributed by atoms with Crippen molar-refractivity contribution >= 4 is 28.2 Å². The summed E-state index contributed by atoms with van der Waals surface area (Å²) in [4.78, 5) is 16.5. The van der Waals surface area contributed by atoms with Gasteiger partial charge in [-0.3, -0.25) is 0 Å². The maximum Gasteiger partial charge on any atom is 0.410 e. The molecule has 0 aromatic heterocycles. The first-order chi connectivity index (χ1) is 11.8. The van der Waals surface area contributed by atoms with Crippen molar-refractivity contribution in [1.29, 1.82) is 0 Å². The largest absolute Gasteiger partial charge is 0.444 e. The number of amides is 1. The van der Waals surface area contributed by atoms with E-state index in [0.29, 0.717) is 6.54 Å². The first kappa shape index (κ1) is 17.4. The van der Waals surface area contributed by atoms with Crippen molar-refractivity contribution in [3.63, 3.8) is 0 Å². The fourth-order valence-electron chi connectivity index (χ4n) is 3.35. The SMILES string of the molecule is CC1CN(c2ccc(N)c3ccccc23)CCN1C(=O)OC(C)(C)C. The minimum atomic E-state index is -0.471. The number of ether oxygens (including phenoxy) is 1. The van der Waals surface area contributed by atoms with E-state index in [1.54, 1.807) is 0 Å². The Hall–Kier alpha value is -2.43. The monoisotopic (exact) mass is 341 g/mol. The quantitative estimate of drug-likeness (QED) is 0.800. The Morgan fingerprint density at radius 2 is 1.80 bits per heavy atom. The maximum atomic E-state index is 12.4.